The Balaban J connectivity index is 1.53. The van der Waals surface area contributed by atoms with Crippen LogP contribution in [0.4, 0.5) is 5.69 Å². The molecule has 134 valence electrons. The van der Waals surface area contributed by atoms with Crippen molar-refractivity contribution in [2.45, 2.75) is 51.5 Å². The minimum Gasteiger partial charge on any atom is -0.349 e. The lowest BCUT2D eigenvalue weighted by atomic mass is 9.48. The molecule has 0 aliphatic heterocycles. The van der Waals surface area contributed by atoms with Crippen molar-refractivity contribution < 1.29 is 9.72 Å². The highest BCUT2D eigenvalue weighted by Crippen LogP contribution is 2.61. The van der Waals surface area contributed by atoms with Gasteiger partial charge in [-0.05, 0) is 74.7 Å². The van der Waals surface area contributed by atoms with E-state index < -0.39 is 4.92 Å². The van der Waals surface area contributed by atoms with E-state index in [1.807, 2.05) is 0 Å². The molecule has 25 heavy (non-hydrogen) atoms. The van der Waals surface area contributed by atoms with Crippen LogP contribution in [-0.4, -0.2) is 16.9 Å². The summed E-state index contributed by atoms with van der Waals surface area (Å²) < 4.78 is 0. The zero-order chi connectivity index (χ0) is 17.8. The molecule has 4 aliphatic rings. The number of carbonyl (C=O) groups is 1. The Labute approximate surface area is 152 Å². The van der Waals surface area contributed by atoms with Crippen molar-refractivity contribution in [3.63, 3.8) is 0 Å². The lowest BCUT2D eigenvalue weighted by Gasteiger charge is -2.59. The second kappa shape index (κ2) is 5.97. The molecule has 1 amide bonds. The number of nitro benzene ring substituents is 1. The Morgan fingerprint density at radius 2 is 1.80 bits per heavy atom. The van der Waals surface area contributed by atoms with E-state index in [2.05, 4.69) is 12.2 Å². The Morgan fingerprint density at radius 3 is 2.32 bits per heavy atom. The van der Waals surface area contributed by atoms with Crippen molar-refractivity contribution in [2.75, 3.05) is 0 Å². The maximum atomic E-state index is 12.7. The zero-order valence-corrected chi connectivity index (χ0v) is 15.1. The van der Waals surface area contributed by atoms with Crippen LogP contribution in [0, 0.1) is 33.3 Å². The summed E-state index contributed by atoms with van der Waals surface area (Å²) in [6.45, 7) is 2.09. The fourth-order valence-corrected chi connectivity index (χ4v) is 6.14. The predicted molar refractivity (Wildman–Crippen MR) is 95.6 cm³/mol. The molecule has 0 saturated heterocycles. The number of hydrogen-bond donors (Lipinski definition) is 1. The van der Waals surface area contributed by atoms with Crippen molar-refractivity contribution in [3.8, 4) is 0 Å². The quantitative estimate of drug-likeness (QED) is 0.629. The largest absolute Gasteiger partial charge is 0.349 e. The smallest absolute Gasteiger partial charge is 0.270 e. The minimum atomic E-state index is -0.504. The number of hydrogen-bond acceptors (Lipinski definition) is 3. The van der Waals surface area contributed by atoms with Crippen LogP contribution >= 0.6 is 11.6 Å². The van der Waals surface area contributed by atoms with Crippen molar-refractivity contribution in [1.82, 2.24) is 5.32 Å². The first-order chi connectivity index (χ1) is 11.9. The maximum absolute atomic E-state index is 12.7. The zero-order valence-electron chi connectivity index (χ0n) is 14.3. The van der Waals surface area contributed by atoms with E-state index in [-0.39, 0.29) is 33.6 Å². The van der Waals surface area contributed by atoms with E-state index >= 15 is 0 Å². The van der Waals surface area contributed by atoms with Crippen LogP contribution < -0.4 is 5.32 Å². The Hall–Kier alpha value is -1.62. The molecular formula is C19H23ClN2O3. The number of nitrogens with zero attached hydrogens (tertiary/aromatic N) is 1. The van der Waals surface area contributed by atoms with E-state index in [1.165, 1.54) is 56.7 Å². The molecule has 0 heterocycles. The summed E-state index contributed by atoms with van der Waals surface area (Å²) in [5, 5.41) is 14.3. The summed E-state index contributed by atoms with van der Waals surface area (Å²) in [4.78, 5) is 23.2. The molecular weight excluding hydrogens is 340 g/mol. The van der Waals surface area contributed by atoms with E-state index in [1.54, 1.807) is 0 Å². The first-order valence-electron chi connectivity index (χ1n) is 9.11. The molecule has 4 fully saturated rings. The molecule has 4 bridgehead atoms. The number of nitrogens with one attached hydrogen (secondary N) is 1. The van der Waals surface area contributed by atoms with Gasteiger partial charge in [-0.15, -0.1) is 0 Å². The third-order valence-corrected chi connectivity index (χ3v) is 7.09. The van der Waals surface area contributed by atoms with Gasteiger partial charge in [0.2, 0.25) is 0 Å². The second-order valence-corrected chi connectivity index (χ2v) is 8.80. The van der Waals surface area contributed by atoms with Crippen molar-refractivity contribution >= 4 is 23.2 Å². The molecule has 1 N–H and O–H groups in total. The molecule has 1 aromatic carbocycles. The van der Waals surface area contributed by atoms with Gasteiger partial charge in [-0.3, -0.25) is 14.9 Å². The molecule has 5 rings (SSSR count). The highest BCUT2D eigenvalue weighted by atomic mass is 35.5. The van der Waals surface area contributed by atoms with E-state index in [4.69, 9.17) is 11.6 Å². The van der Waals surface area contributed by atoms with Gasteiger partial charge in [0, 0.05) is 18.2 Å². The van der Waals surface area contributed by atoms with E-state index in [0.717, 1.165) is 17.8 Å². The van der Waals surface area contributed by atoms with Crippen LogP contribution in [0.1, 0.15) is 55.8 Å². The molecule has 4 aliphatic carbocycles. The van der Waals surface area contributed by atoms with Crippen molar-refractivity contribution in [3.05, 3.63) is 38.9 Å². The number of amides is 1. The van der Waals surface area contributed by atoms with Crippen molar-refractivity contribution in [2.24, 2.45) is 23.2 Å². The van der Waals surface area contributed by atoms with Crippen LogP contribution in [0.5, 0.6) is 0 Å². The molecule has 0 aromatic heterocycles. The summed E-state index contributed by atoms with van der Waals surface area (Å²) in [6.07, 6.45) is 7.67. The molecule has 1 atom stereocenters. The van der Waals surface area contributed by atoms with Gasteiger partial charge >= 0.3 is 0 Å². The van der Waals surface area contributed by atoms with Crippen molar-refractivity contribution in [1.29, 1.82) is 0 Å². The number of halogens is 1. The Bertz CT molecular complexity index is 698. The number of carbonyl (C=O) groups excluding carboxylic acids is 1. The summed E-state index contributed by atoms with van der Waals surface area (Å²) in [5.74, 6) is 2.13. The second-order valence-electron chi connectivity index (χ2n) is 8.40. The minimum absolute atomic E-state index is 0.0590. The fraction of sp³-hybridized carbons (Fsp3) is 0.632. The number of rotatable bonds is 4. The molecule has 0 spiro atoms. The normalized spacial score (nSPS) is 33.9. The highest BCUT2D eigenvalue weighted by molar-refractivity contribution is 6.33. The third-order valence-electron chi connectivity index (χ3n) is 6.76. The van der Waals surface area contributed by atoms with Crippen LogP contribution in [0.25, 0.3) is 0 Å². The lowest BCUT2D eigenvalue weighted by molar-refractivity contribution is -0.384. The SMILES string of the molecule is C[C@@H](NC(=O)c1cc([N+](=O)[O-])ccc1Cl)C12CC3CC(CC(C3)C1)C2. The van der Waals surface area contributed by atoms with Crippen LogP contribution in [0.2, 0.25) is 5.02 Å². The molecule has 4 saturated carbocycles. The van der Waals surface area contributed by atoms with E-state index in [9.17, 15) is 14.9 Å². The Morgan fingerprint density at radius 1 is 1.24 bits per heavy atom. The van der Waals surface area contributed by atoms with Gasteiger partial charge in [0.15, 0.2) is 0 Å². The lowest BCUT2D eigenvalue weighted by Crippen LogP contribution is -2.55. The maximum Gasteiger partial charge on any atom is 0.270 e. The van der Waals surface area contributed by atoms with Gasteiger partial charge in [0.05, 0.1) is 15.5 Å². The number of benzene rings is 1. The Kier molecular flexibility index (Phi) is 4.02. The van der Waals surface area contributed by atoms with E-state index in [0.29, 0.717) is 0 Å². The molecule has 0 radical (unpaired) electrons. The summed E-state index contributed by atoms with van der Waals surface area (Å²) in [5.41, 5.74) is 0.266. The molecule has 0 unspecified atom stereocenters. The van der Waals surface area contributed by atoms with Gasteiger partial charge in [0.1, 0.15) is 0 Å². The average molecular weight is 363 g/mol. The first-order valence-corrected chi connectivity index (χ1v) is 9.49. The van der Waals surface area contributed by atoms with Gasteiger partial charge in [-0.1, -0.05) is 11.6 Å². The van der Waals surface area contributed by atoms with Gasteiger partial charge in [-0.2, -0.15) is 0 Å². The first kappa shape index (κ1) is 16.8. The monoisotopic (exact) mass is 362 g/mol. The molecule has 5 nitrogen and oxygen atoms in total. The van der Waals surface area contributed by atoms with Crippen LogP contribution in [0.3, 0.4) is 0 Å². The van der Waals surface area contributed by atoms with Gasteiger partial charge < -0.3 is 5.32 Å². The summed E-state index contributed by atoms with van der Waals surface area (Å²) in [6, 6.07) is 4.07. The topological polar surface area (TPSA) is 72.2 Å². The average Bonchev–Trinajstić information content (AvgIpc) is 2.53. The fourth-order valence-electron chi connectivity index (χ4n) is 5.94. The highest BCUT2D eigenvalue weighted by Gasteiger charge is 2.53. The van der Waals surface area contributed by atoms with Gasteiger partial charge in [-0.25, -0.2) is 0 Å². The van der Waals surface area contributed by atoms with Gasteiger partial charge in [0.25, 0.3) is 11.6 Å². The third kappa shape index (κ3) is 2.92. The summed E-state index contributed by atoms with van der Waals surface area (Å²) >= 11 is 6.11. The van der Waals surface area contributed by atoms with Crippen LogP contribution in [0.15, 0.2) is 18.2 Å². The van der Waals surface area contributed by atoms with Crippen LogP contribution in [-0.2, 0) is 0 Å². The molecule has 6 heteroatoms. The number of nitro groups is 1. The number of non-ortho nitro benzene ring substituents is 1. The predicted octanol–water partition coefficient (Wildman–Crippen LogP) is 4.58. The standard InChI is InChI=1S/C19H23ClN2O3/c1-11(19-8-12-4-13(9-19)6-14(5-12)10-19)21-18(23)16-7-15(22(24)25)2-3-17(16)20/h2-3,7,11-14H,4-6,8-10H2,1H3,(H,21,23)/t11-,12?,13?,14?,19?/m1/s1. The summed E-state index contributed by atoms with van der Waals surface area (Å²) in [7, 11) is 0. The molecule has 1 aromatic rings.